The van der Waals surface area contributed by atoms with Crippen LogP contribution in [0.15, 0.2) is 47.5 Å². The van der Waals surface area contributed by atoms with E-state index in [4.69, 9.17) is 4.74 Å². The van der Waals surface area contributed by atoms with Crippen molar-refractivity contribution in [1.29, 1.82) is 0 Å². The zero-order valence-electron chi connectivity index (χ0n) is 17.0. The smallest absolute Gasteiger partial charge is 0.243 e. The van der Waals surface area contributed by atoms with Crippen LogP contribution in [0.1, 0.15) is 32.4 Å². The number of pyridine rings is 1. The van der Waals surface area contributed by atoms with Crippen molar-refractivity contribution in [3.63, 3.8) is 0 Å². The maximum atomic E-state index is 13.1. The van der Waals surface area contributed by atoms with Gasteiger partial charge in [0, 0.05) is 18.8 Å². The molecule has 0 bridgehead atoms. The second kappa shape index (κ2) is 9.53. The molecule has 0 spiro atoms. The number of hydrogen-bond donors (Lipinski definition) is 1. The molecular formula is C21H26FN3O4S. The van der Waals surface area contributed by atoms with Gasteiger partial charge in [0.25, 0.3) is 0 Å². The predicted molar refractivity (Wildman–Crippen MR) is 110 cm³/mol. The average molecular weight is 436 g/mol. The summed E-state index contributed by atoms with van der Waals surface area (Å²) in [5.41, 5.74) is 0.621. The highest BCUT2D eigenvalue weighted by Gasteiger charge is 2.39. The first-order valence-corrected chi connectivity index (χ1v) is 11.3. The van der Waals surface area contributed by atoms with E-state index in [1.165, 1.54) is 16.4 Å². The summed E-state index contributed by atoms with van der Waals surface area (Å²) < 4.78 is 45.8. The van der Waals surface area contributed by atoms with Crippen molar-refractivity contribution in [2.24, 2.45) is 5.92 Å². The van der Waals surface area contributed by atoms with Gasteiger partial charge in [-0.2, -0.15) is 4.31 Å². The van der Waals surface area contributed by atoms with Crippen LogP contribution in [-0.2, 0) is 21.4 Å². The van der Waals surface area contributed by atoms with Crippen molar-refractivity contribution in [2.75, 3.05) is 13.2 Å². The number of sulfonamides is 1. The number of ether oxygens (including phenoxy) is 1. The van der Waals surface area contributed by atoms with Crippen molar-refractivity contribution < 1.29 is 22.3 Å². The first-order valence-electron chi connectivity index (χ1n) is 9.90. The predicted octanol–water partition coefficient (Wildman–Crippen LogP) is 2.73. The Kier molecular flexibility index (Phi) is 7.04. The second-order valence-electron chi connectivity index (χ2n) is 7.63. The third-order valence-corrected chi connectivity index (χ3v) is 6.66. The lowest BCUT2D eigenvalue weighted by atomic mass is 10.2. The Morgan fingerprint density at radius 3 is 2.73 bits per heavy atom. The Morgan fingerprint density at radius 2 is 2.03 bits per heavy atom. The summed E-state index contributed by atoms with van der Waals surface area (Å²) in [7, 11) is -3.88. The fourth-order valence-electron chi connectivity index (χ4n) is 3.23. The molecule has 1 aromatic heterocycles. The summed E-state index contributed by atoms with van der Waals surface area (Å²) in [6, 6.07) is 7.32. The zero-order chi connectivity index (χ0) is 21.7. The van der Waals surface area contributed by atoms with Gasteiger partial charge in [-0.25, -0.2) is 12.8 Å². The van der Waals surface area contributed by atoms with E-state index in [2.05, 4.69) is 24.1 Å². The van der Waals surface area contributed by atoms with Gasteiger partial charge in [0.05, 0.1) is 23.7 Å². The van der Waals surface area contributed by atoms with Crippen molar-refractivity contribution in [3.8, 4) is 5.75 Å². The maximum Gasteiger partial charge on any atom is 0.243 e. The van der Waals surface area contributed by atoms with Gasteiger partial charge >= 0.3 is 0 Å². The van der Waals surface area contributed by atoms with E-state index in [9.17, 15) is 17.6 Å². The maximum absolute atomic E-state index is 13.1. The summed E-state index contributed by atoms with van der Waals surface area (Å²) in [6.45, 7) is 5.09. The van der Waals surface area contributed by atoms with Gasteiger partial charge in [0.2, 0.25) is 15.9 Å². The average Bonchev–Trinajstić information content (AvgIpc) is 3.22. The summed E-state index contributed by atoms with van der Waals surface area (Å²) >= 11 is 0. The van der Waals surface area contributed by atoms with Crippen molar-refractivity contribution in [3.05, 3.63) is 54.1 Å². The van der Waals surface area contributed by atoms with E-state index in [1.54, 1.807) is 18.3 Å². The van der Waals surface area contributed by atoms with E-state index in [-0.39, 0.29) is 23.9 Å². The van der Waals surface area contributed by atoms with Crippen LogP contribution in [0.25, 0.3) is 0 Å². The fourth-order valence-corrected chi connectivity index (χ4v) is 4.89. The lowest BCUT2D eigenvalue weighted by Crippen LogP contribution is -2.45. The van der Waals surface area contributed by atoms with E-state index >= 15 is 0 Å². The van der Waals surface area contributed by atoms with Crippen LogP contribution in [0.2, 0.25) is 0 Å². The molecule has 1 amide bonds. The molecule has 1 aliphatic rings. The summed E-state index contributed by atoms with van der Waals surface area (Å²) in [5, 5.41) is 2.77. The number of amides is 1. The molecule has 1 aromatic carbocycles. The minimum absolute atomic E-state index is 0.0275. The molecule has 1 fully saturated rings. The van der Waals surface area contributed by atoms with E-state index in [0.29, 0.717) is 36.8 Å². The van der Waals surface area contributed by atoms with Crippen LogP contribution in [0.5, 0.6) is 5.75 Å². The summed E-state index contributed by atoms with van der Waals surface area (Å²) in [5.74, 6) is 0.160. The van der Waals surface area contributed by atoms with Gasteiger partial charge in [0.15, 0.2) is 0 Å². The minimum atomic E-state index is -3.88. The van der Waals surface area contributed by atoms with E-state index in [1.807, 2.05) is 0 Å². The molecule has 0 aliphatic carbocycles. The SMILES string of the molecule is CC(C)COc1ccnc(CNC(=O)[C@@H]2CCCN2S(=O)(=O)c2ccc(F)cc2)c1. The van der Waals surface area contributed by atoms with Crippen LogP contribution >= 0.6 is 0 Å². The van der Waals surface area contributed by atoms with Crippen molar-refractivity contribution in [1.82, 2.24) is 14.6 Å². The molecule has 1 aliphatic heterocycles. The first kappa shape index (κ1) is 22.2. The minimum Gasteiger partial charge on any atom is -0.493 e. The van der Waals surface area contributed by atoms with Crippen LogP contribution in [0.4, 0.5) is 4.39 Å². The number of hydrogen-bond acceptors (Lipinski definition) is 5. The molecule has 0 saturated carbocycles. The normalized spacial score (nSPS) is 17.3. The largest absolute Gasteiger partial charge is 0.493 e. The second-order valence-corrected chi connectivity index (χ2v) is 9.52. The molecule has 3 rings (SSSR count). The quantitative estimate of drug-likeness (QED) is 0.689. The topological polar surface area (TPSA) is 88.6 Å². The molecule has 162 valence electrons. The standard InChI is InChI=1S/C21H26FN3O4S/c1-15(2)14-29-18-9-10-23-17(12-18)13-24-21(26)20-4-3-11-25(20)30(27,28)19-7-5-16(22)6-8-19/h5-10,12,15,20H,3-4,11,13-14H2,1-2H3,(H,24,26)/t20-/m0/s1. The number of halogens is 1. The lowest BCUT2D eigenvalue weighted by Gasteiger charge is -2.23. The molecule has 30 heavy (non-hydrogen) atoms. The Hall–Kier alpha value is -2.52. The van der Waals surface area contributed by atoms with Crippen LogP contribution < -0.4 is 10.1 Å². The van der Waals surface area contributed by atoms with Gasteiger partial charge in [-0.05, 0) is 49.1 Å². The molecule has 2 aromatic rings. The molecule has 0 unspecified atom stereocenters. The zero-order valence-corrected chi connectivity index (χ0v) is 17.9. The highest BCUT2D eigenvalue weighted by Crippen LogP contribution is 2.26. The highest BCUT2D eigenvalue weighted by atomic mass is 32.2. The van der Waals surface area contributed by atoms with E-state index in [0.717, 1.165) is 12.1 Å². The third-order valence-electron chi connectivity index (χ3n) is 4.74. The summed E-state index contributed by atoms with van der Waals surface area (Å²) in [6.07, 6.45) is 2.62. The van der Waals surface area contributed by atoms with E-state index < -0.39 is 21.9 Å². The Bertz CT molecular complexity index is 980. The van der Waals surface area contributed by atoms with Crippen LogP contribution in [0.3, 0.4) is 0 Å². The van der Waals surface area contributed by atoms with Gasteiger partial charge in [-0.15, -0.1) is 0 Å². The number of benzene rings is 1. The van der Waals surface area contributed by atoms with Crippen LogP contribution in [-0.4, -0.2) is 42.8 Å². The highest BCUT2D eigenvalue weighted by molar-refractivity contribution is 7.89. The fraction of sp³-hybridized carbons (Fsp3) is 0.429. The number of aromatic nitrogens is 1. The number of rotatable bonds is 8. The van der Waals surface area contributed by atoms with Crippen molar-refractivity contribution >= 4 is 15.9 Å². The van der Waals surface area contributed by atoms with Crippen molar-refractivity contribution in [2.45, 2.75) is 44.2 Å². The Morgan fingerprint density at radius 1 is 1.30 bits per heavy atom. The van der Waals surface area contributed by atoms with Gasteiger partial charge < -0.3 is 10.1 Å². The third kappa shape index (κ3) is 5.34. The monoisotopic (exact) mass is 435 g/mol. The number of nitrogens with zero attached hydrogens (tertiary/aromatic N) is 2. The Balaban J connectivity index is 1.65. The molecule has 1 saturated heterocycles. The molecule has 1 N–H and O–H groups in total. The molecular weight excluding hydrogens is 409 g/mol. The molecule has 1 atom stereocenters. The molecule has 7 nitrogen and oxygen atoms in total. The number of carbonyl (C=O) groups is 1. The number of nitrogens with one attached hydrogen (secondary N) is 1. The Labute approximate surface area is 176 Å². The van der Waals surface area contributed by atoms with Gasteiger partial charge in [-0.1, -0.05) is 13.8 Å². The molecule has 2 heterocycles. The van der Waals surface area contributed by atoms with Crippen LogP contribution in [0, 0.1) is 11.7 Å². The number of carbonyl (C=O) groups excluding carboxylic acids is 1. The lowest BCUT2D eigenvalue weighted by molar-refractivity contribution is -0.124. The van der Waals surface area contributed by atoms with Gasteiger partial charge in [-0.3, -0.25) is 9.78 Å². The first-order chi connectivity index (χ1) is 14.3. The molecule has 0 radical (unpaired) electrons. The molecule has 9 heteroatoms. The summed E-state index contributed by atoms with van der Waals surface area (Å²) in [4.78, 5) is 16.9. The van der Waals surface area contributed by atoms with Gasteiger partial charge in [0.1, 0.15) is 17.6 Å².